The van der Waals surface area contributed by atoms with Crippen LogP contribution >= 0.6 is 11.6 Å². The van der Waals surface area contributed by atoms with Crippen molar-refractivity contribution in [1.82, 2.24) is 9.97 Å². The summed E-state index contributed by atoms with van der Waals surface area (Å²) in [6.45, 7) is 1.88. The first-order valence-corrected chi connectivity index (χ1v) is 8.10. The van der Waals surface area contributed by atoms with Gasteiger partial charge in [0.05, 0.1) is 17.4 Å². The highest BCUT2D eigenvalue weighted by atomic mass is 35.5. The molecule has 0 amide bonds. The largest absolute Gasteiger partial charge is 0.340 e. The first-order valence-electron chi connectivity index (χ1n) is 5.74. The van der Waals surface area contributed by atoms with Crippen molar-refractivity contribution in [1.29, 1.82) is 0 Å². The maximum absolute atomic E-state index is 11.5. The summed E-state index contributed by atoms with van der Waals surface area (Å²) in [5, 5.41) is 0. The van der Waals surface area contributed by atoms with E-state index in [1.54, 1.807) is 6.20 Å². The number of aromatic nitrogens is 2. The Morgan fingerprint density at radius 3 is 2.78 bits per heavy atom. The smallest absolute Gasteiger partial charge is 0.225 e. The van der Waals surface area contributed by atoms with Crippen LogP contribution in [0.2, 0.25) is 0 Å². The zero-order valence-corrected chi connectivity index (χ0v) is 12.0. The van der Waals surface area contributed by atoms with Gasteiger partial charge in [-0.25, -0.2) is 18.4 Å². The lowest BCUT2D eigenvalue weighted by atomic mass is 10.2. The molecule has 1 unspecified atom stereocenters. The third kappa shape index (κ3) is 2.75. The number of anilines is 1. The van der Waals surface area contributed by atoms with Gasteiger partial charge in [0.15, 0.2) is 9.84 Å². The zero-order valence-electron chi connectivity index (χ0n) is 10.4. The van der Waals surface area contributed by atoms with E-state index in [4.69, 9.17) is 11.6 Å². The Balaban J connectivity index is 2.19. The molecule has 5 nitrogen and oxygen atoms in total. The number of nitrogens with zero attached hydrogens (tertiary/aromatic N) is 3. The van der Waals surface area contributed by atoms with Crippen LogP contribution in [0.5, 0.6) is 0 Å². The number of alkyl halides is 1. The van der Waals surface area contributed by atoms with Crippen molar-refractivity contribution in [2.45, 2.75) is 25.3 Å². The molecule has 0 aliphatic carbocycles. The van der Waals surface area contributed by atoms with Crippen molar-refractivity contribution >= 4 is 27.4 Å². The predicted octanol–water partition coefficient (Wildman–Crippen LogP) is 1.15. The lowest BCUT2D eigenvalue weighted by molar-refractivity contribution is 0.600. The van der Waals surface area contributed by atoms with Crippen LogP contribution in [0.15, 0.2) is 6.20 Å². The third-order valence-electron chi connectivity index (χ3n) is 3.28. The fourth-order valence-electron chi connectivity index (χ4n) is 2.03. The van der Waals surface area contributed by atoms with Gasteiger partial charge in [0, 0.05) is 30.5 Å². The summed E-state index contributed by atoms with van der Waals surface area (Å²) in [6.07, 6.45) is 2.34. The average Bonchev–Trinajstić information content (AvgIpc) is 2.68. The molecule has 0 bridgehead atoms. The Morgan fingerprint density at radius 1 is 1.56 bits per heavy atom. The first kappa shape index (κ1) is 13.5. The highest BCUT2D eigenvalue weighted by Crippen LogP contribution is 2.21. The van der Waals surface area contributed by atoms with Gasteiger partial charge in [-0.3, -0.25) is 0 Å². The highest BCUT2D eigenvalue weighted by Gasteiger charge is 2.31. The van der Waals surface area contributed by atoms with E-state index in [1.165, 1.54) is 0 Å². The molecule has 1 fully saturated rings. The maximum Gasteiger partial charge on any atom is 0.225 e. The minimum absolute atomic E-state index is 0.0312. The van der Waals surface area contributed by atoms with Crippen LogP contribution in [-0.4, -0.2) is 43.0 Å². The Hall–Kier alpha value is -0.880. The predicted molar refractivity (Wildman–Crippen MR) is 71.8 cm³/mol. The third-order valence-corrected chi connectivity index (χ3v) is 5.32. The summed E-state index contributed by atoms with van der Waals surface area (Å²) in [5.41, 5.74) is 1.73. The topological polar surface area (TPSA) is 63.2 Å². The number of sulfone groups is 1. The van der Waals surface area contributed by atoms with Gasteiger partial charge in [-0.05, 0) is 13.3 Å². The number of halogens is 1. The Labute approximate surface area is 112 Å². The van der Waals surface area contributed by atoms with E-state index < -0.39 is 9.84 Å². The molecule has 1 atom stereocenters. The van der Waals surface area contributed by atoms with Gasteiger partial charge in [0.25, 0.3) is 0 Å². The number of hydrogen-bond acceptors (Lipinski definition) is 5. The van der Waals surface area contributed by atoms with Crippen LogP contribution in [0.1, 0.15) is 17.7 Å². The van der Waals surface area contributed by atoms with Crippen molar-refractivity contribution in [3.05, 3.63) is 17.5 Å². The van der Waals surface area contributed by atoms with E-state index in [9.17, 15) is 8.42 Å². The molecule has 1 aliphatic rings. The van der Waals surface area contributed by atoms with Gasteiger partial charge >= 0.3 is 0 Å². The standard InChI is InChI=1S/C11H16ClN3O2S/c1-8-9(5-12)6-13-11(14-8)15(2)10-3-4-18(16,17)7-10/h6,10H,3-5,7H2,1-2H3. The van der Waals surface area contributed by atoms with Crippen LogP contribution in [-0.2, 0) is 15.7 Å². The van der Waals surface area contributed by atoms with Gasteiger partial charge in [0.2, 0.25) is 5.95 Å². The van der Waals surface area contributed by atoms with Crippen LogP contribution < -0.4 is 4.90 Å². The van der Waals surface area contributed by atoms with Crippen molar-refractivity contribution in [2.24, 2.45) is 0 Å². The second kappa shape index (κ2) is 5.01. The van der Waals surface area contributed by atoms with Crippen LogP contribution in [0.4, 0.5) is 5.95 Å². The molecule has 0 radical (unpaired) electrons. The molecule has 0 saturated carbocycles. The van der Waals surface area contributed by atoms with E-state index in [1.807, 2.05) is 18.9 Å². The number of rotatable bonds is 3. The van der Waals surface area contributed by atoms with Gasteiger partial charge in [-0.15, -0.1) is 11.6 Å². The molecular formula is C11H16ClN3O2S. The molecule has 2 heterocycles. The van der Waals surface area contributed by atoms with Gasteiger partial charge < -0.3 is 4.90 Å². The molecule has 100 valence electrons. The Kier molecular flexibility index (Phi) is 3.77. The fourth-order valence-corrected chi connectivity index (χ4v) is 4.06. The normalized spacial score (nSPS) is 22.1. The molecule has 1 aromatic heterocycles. The maximum atomic E-state index is 11.5. The second-order valence-electron chi connectivity index (χ2n) is 4.58. The molecule has 1 saturated heterocycles. The SMILES string of the molecule is Cc1nc(N(C)C2CCS(=O)(=O)C2)ncc1CCl. The number of aryl methyl sites for hydroxylation is 1. The zero-order chi connectivity index (χ0) is 13.3. The van der Waals surface area contributed by atoms with E-state index in [0.717, 1.165) is 11.3 Å². The Morgan fingerprint density at radius 2 is 2.28 bits per heavy atom. The molecule has 0 N–H and O–H groups in total. The quantitative estimate of drug-likeness (QED) is 0.781. The molecule has 0 aromatic carbocycles. The van der Waals surface area contributed by atoms with E-state index >= 15 is 0 Å². The van der Waals surface area contributed by atoms with Crippen LogP contribution in [0.25, 0.3) is 0 Å². The first-order chi connectivity index (χ1) is 8.43. The average molecular weight is 290 g/mol. The summed E-state index contributed by atoms with van der Waals surface area (Å²) < 4.78 is 22.9. The summed E-state index contributed by atoms with van der Waals surface area (Å²) in [5.74, 6) is 1.38. The molecule has 0 spiro atoms. The fraction of sp³-hybridized carbons (Fsp3) is 0.636. The van der Waals surface area contributed by atoms with Gasteiger partial charge in [-0.1, -0.05) is 0 Å². The minimum Gasteiger partial charge on any atom is -0.340 e. The molecule has 1 aliphatic heterocycles. The Bertz CT molecular complexity index is 547. The molecule has 7 heteroatoms. The summed E-state index contributed by atoms with van der Waals surface area (Å²) in [7, 11) is -1.06. The van der Waals surface area contributed by atoms with Crippen molar-refractivity contribution < 1.29 is 8.42 Å². The van der Waals surface area contributed by atoms with Crippen molar-refractivity contribution in [2.75, 3.05) is 23.5 Å². The highest BCUT2D eigenvalue weighted by molar-refractivity contribution is 7.91. The number of hydrogen-bond donors (Lipinski definition) is 0. The van der Waals surface area contributed by atoms with Crippen molar-refractivity contribution in [3.63, 3.8) is 0 Å². The minimum atomic E-state index is -2.89. The molecule has 18 heavy (non-hydrogen) atoms. The summed E-state index contributed by atoms with van der Waals surface area (Å²) >= 11 is 5.76. The molecular weight excluding hydrogens is 274 g/mol. The van der Waals surface area contributed by atoms with Gasteiger partial charge in [-0.2, -0.15) is 0 Å². The van der Waals surface area contributed by atoms with Crippen molar-refractivity contribution in [3.8, 4) is 0 Å². The molecule has 2 rings (SSSR count). The van der Waals surface area contributed by atoms with E-state index in [-0.39, 0.29) is 17.5 Å². The van der Waals surface area contributed by atoms with E-state index in [2.05, 4.69) is 9.97 Å². The van der Waals surface area contributed by atoms with Gasteiger partial charge in [0.1, 0.15) is 0 Å². The lowest BCUT2D eigenvalue weighted by Gasteiger charge is -2.23. The monoisotopic (exact) mass is 289 g/mol. The van der Waals surface area contributed by atoms with E-state index in [0.29, 0.717) is 18.2 Å². The summed E-state index contributed by atoms with van der Waals surface area (Å²) in [4.78, 5) is 10.5. The molecule has 1 aromatic rings. The van der Waals surface area contributed by atoms with Crippen LogP contribution in [0.3, 0.4) is 0 Å². The second-order valence-corrected chi connectivity index (χ2v) is 7.08. The summed E-state index contributed by atoms with van der Waals surface area (Å²) in [6, 6.07) is -0.0312. The van der Waals surface area contributed by atoms with Crippen LogP contribution in [0, 0.1) is 6.92 Å². The lowest BCUT2D eigenvalue weighted by Crippen LogP contribution is -2.34.